The second kappa shape index (κ2) is 9.94. The van der Waals surface area contributed by atoms with Crippen LogP contribution in [-0.2, 0) is 20.9 Å². The van der Waals surface area contributed by atoms with Crippen molar-refractivity contribution in [3.8, 4) is 5.75 Å². The number of ether oxygens (including phenoxy) is 2. The molecule has 0 bridgehead atoms. The number of nitrogens with zero attached hydrogens (tertiary/aromatic N) is 3. The maximum absolute atomic E-state index is 13.5. The van der Waals surface area contributed by atoms with Gasteiger partial charge in [0, 0.05) is 32.2 Å². The van der Waals surface area contributed by atoms with Crippen molar-refractivity contribution in [1.29, 1.82) is 0 Å². The van der Waals surface area contributed by atoms with Crippen LogP contribution in [0.2, 0.25) is 0 Å². The Hall–Kier alpha value is -2.90. The lowest BCUT2D eigenvalue weighted by atomic mass is 10.1. The van der Waals surface area contributed by atoms with E-state index in [4.69, 9.17) is 9.47 Å². The third kappa shape index (κ3) is 5.24. The first-order valence-corrected chi connectivity index (χ1v) is 10.8. The monoisotopic (exact) mass is 423 g/mol. The molecule has 2 aliphatic heterocycles. The van der Waals surface area contributed by atoms with Crippen LogP contribution in [0.25, 0.3) is 0 Å². The molecule has 0 aliphatic carbocycles. The molecule has 7 heteroatoms. The second-order valence-electron chi connectivity index (χ2n) is 8.01. The molecule has 1 saturated heterocycles. The molecule has 2 aromatic carbocycles. The normalized spacial score (nSPS) is 17.6. The molecule has 2 aromatic rings. The lowest BCUT2D eigenvalue weighted by Crippen LogP contribution is -2.52. The van der Waals surface area contributed by atoms with Gasteiger partial charge in [-0.25, -0.2) is 0 Å². The van der Waals surface area contributed by atoms with Crippen LogP contribution in [0.15, 0.2) is 54.6 Å². The molecule has 4 rings (SSSR count). The lowest BCUT2D eigenvalue weighted by Gasteiger charge is -2.37. The number of carbonyl (C=O) groups excluding carboxylic acids is 2. The van der Waals surface area contributed by atoms with Crippen LogP contribution in [-0.4, -0.2) is 73.7 Å². The van der Waals surface area contributed by atoms with Crippen LogP contribution >= 0.6 is 0 Å². The Kier molecular flexibility index (Phi) is 6.84. The molecule has 0 N–H and O–H groups in total. The summed E-state index contributed by atoms with van der Waals surface area (Å²) in [6.07, 6.45) is 0. The van der Waals surface area contributed by atoms with Crippen molar-refractivity contribution in [2.45, 2.75) is 19.5 Å². The third-order valence-electron chi connectivity index (χ3n) is 5.78. The molecule has 0 saturated carbocycles. The van der Waals surface area contributed by atoms with E-state index < -0.39 is 0 Å². The Bertz CT molecular complexity index is 899. The van der Waals surface area contributed by atoms with Crippen molar-refractivity contribution in [3.63, 3.8) is 0 Å². The number of benzene rings is 2. The van der Waals surface area contributed by atoms with Gasteiger partial charge in [0.1, 0.15) is 12.3 Å². The fourth-order valence-electron chi connectivity index (χ4n) is 4.08. The highest BCUT2D eigenvalue weighted by Gasteiger charge is 2.30. The molecule has 31 heavy (non-hydrogen) atoms. The summed E-state index contributed by atoms with van der Waals surface area (Å²) in [5.41, 5.74) is 1.71. The largest absolute Gasteiger partial charge is 0.482 e. The fraction of sp³-hybridized carbons (Fsp3) is 0.417. The first-order valence-electron chi connectivity index (χ1n) is 10.8. The van der Waals surface area contributed by atoms with Gasteiger partial charge in [-0.15, -0.1) is 0 Å². The molecule has 2 heterocycles. The van der Waals surface area contributed by atoms with Gasteiger partial charge in [0.2, 0.25) is 5.91 Å². The molecular weight excluding hydrogens is 394 g/mol. The molecule has 2 aliphatic rings. The molecule has 1 atom stereocenters. The standard InChI is InChI=1S/C24H29N3O4/c1-19(15-25-11-13-30-14-12-25)26(16-20-7-3-2-4-8-20)23(28)17-27-21-9-5-6-10-22(21)31-18-24(27)29/h2-10,19H,11-18H2,1H3. The Morgan fingerprint density at radius 3 is 2.55 bits per heavy atom. The van der Waals surface area contributed by atoms with Gasteiger partial charge in [-0.3, -0.25) is 19.4 Å². The van der Waals surface area contributed by atoms with E-state index in [9.17, 15) is 9.59 Å². The maximum atomic E-state index is 13.5. The van der Waals surface area contributed by atoms with Crippen molar-refractivity contribution >= 4 is 17.5 Å². The Balaban J connectivity index is 1.52. The number of hydrogen-bond donors (Lipinski definition) is 0. The Morgan fingerprint density at radius 1 is 1.06 bits per heavy atom. The zero-order valence-electron chi connectivity index (χ0n) is 17.9. The quantitative estimate of drug-likeness (QED) is 0.683. The summed E-state index contributed by atoms with van der Waals surface area (Å²) in [5, 5.41) is 0. The molecule has 7 nitrogen and oxygen atoms in total. The van der Waals surface area contributed by atoms with Gasteiger partial charge in [0.05, 0.1) is 18.9 Å². The van der Waals surface area contributed by atoms with E-state index in [1.54, 1.807) is 4.90 Å². The van der Waals surface area contributed by atoms with E-state index in [1.165, 1.54) is 0 Å². The summed E-state index contributed by atoms with van der Waals surface area (Å²) in [6.45, 7) is 6.48. The average molecular weight is 424 g/mol. The summed E-state index contributed by atoms with van der Waals surface area (Å²) >= 11 is 0. The third-order valence-corrected chi connectivity index (χ3v) is 5.78. The average Bonchev–Trinajstić information content (AvgIpc) is 2.80. The lowest BCUT2D eigenvalue weighted by molar-refractivity contribution is -0.134. The van der Waals surface area contributed by atoms with Crippen molar-refractivity contribution in [2.24, 2.45) is 0 Å². The SMILES string of the molecule is CC(CN1CCOCC1)N(Cc1ccccc1)C(=O)CN1C(=O)COc2ccccc21. The highest BCUT2D eigenvalue weighted by Crippen LogP contribution is 2.31. The topological polar surface area (TPSA) is 62.3 Å². The van der Waals surface area contributed by atoms with Crippen LogP contribution in [0.1, 0.15) is 12.5 Å². The van der Waals surface area contributed by atoms with Crippen LogP contribution in [0.3, 0.4) is 0 Å². The number of para-hydroxylation sites is 2. The van der Waals surface area contributed by atoms with Gasteiger partial charge in [-0.2, -0.15) is 0 Å². The number of rotatable bonds is 7. The van der Waals surface area contributed by atoms with Crippen LogP contribution < -0.4 is 9.64 Å². The predicted octanol–water partition coefficient (Wildman–Crippen LogP) is 2.16. The van der Waals surface area contributed by atoms with E-state index in [0.29, 0.717) is 18.0 Å². The van der Waals surface area contributed by atoms with E-state index >= 15 is 0 Å². The smallest absolute Gasteiger partial charge is 0.265 e. The van der Waals surface area contributed by atoms with Crippen LogP contribution in [0, 0.1) is 0 Å². The summed E-state index contributed by atoms with van der Waals surface area (Å²) < 4.78 is 11.0. The summed E-state index contributed by atoms with van der Waals surface area (Å²) in [4.78, 5) is 31.8. The van der Waals surface area contributed by atoms with Gasteiger partial charge < -0.3 is 14.4 Å². The van der Waals surface area contributed by atoms with Crippen molar-refractivity contribution in [1.82, 2.24) is 9.80 Å². The first-order chi connectivity index (χ1) is 15.1. The number of hydrogen-bond acceptors (Lipinski definition) is 5. The van der Waals surface area contributed by atoms with Gasteiger partial charge in [0.15, 0.2) is 6.61 Å². The minimum atomic E-state index is -0.201. The maximum Gasteiger partial charge on any atom is 0.265 e. The molecule has 0 aromatic heterocycles. The van der Waals surface area contributed by atoms with Gasteiger partial charge in [0.25, 0.3) is 5.91 Å². The Labute approximate surface area is 183 Å². The summed E-state index contributed by atoms with van der Waals surface area (Å²) in [5.74, 6) is 0.355. The zero-order valence-corrected chi connectivity index (χ0v) is 17.9. The van der Waals surface area contributed by atoms with E-state index in [1.807, 2.05) is 59.5 Å². The van der Waals surface area contributed by atoms with Crippen LogP contribution in [0.5, 0.6) is 5.75 Å². The predicted molar refractivity (Wildman–Crippen MR) is 118 cm³/mol. The van der Waals surface area contributed by atoms with Crippen LogP contribution in [0.4, 0.5) is 5.69 Å². The Morgan fingerprint density at radius 2 is 1.77 bits per heavy atom. The number of fused-ring (bicyclic) bond motifs is 1. The van der Waals surface area contributed by atoms with Crippen molar-refractivity contribution in [3.05, 3.63) is 60.2 Å². The summed E-state index contributed by atoms with van der Waals surface area (Å²) in [6, 6.07) is 17.3. The molecule has 1 unspecified atom stereocenters. The summed E-state index contributed by atoms with van der Waals surface area (Å²) in [7, 11) is 0. The van der Waals surface area contributed by atoms with Crippen molar-refractivity contribution < 1.29 is 19.1 Å². The fourth-order valence-corrected chi connectivity index (χ4v) is 4.08. The molecule has 1 fully saturated rings. The molecule has 164 valence electrons. The molecule has 2 amide bonds. The number of morpholine rings is 1. The van der Waals surface area contributed by atoms with Gasteiger partial charge >= 0.3 is 0 Å². The first kappa shape index (κ1) is 21.3. The number of anilines is 1. The molecule has 0 radical (unpaired) electrons. The highest BCUT2D eigenvalue weighted by molar-refractivity contribution is 6.02. The minimum absolute atomic E-state index is 0.000505. The number of amides is 2. The van der Waals surface area contributed by atoms with Gasteiger partial charge in [-0.1, -0.05) is 42.5 Å². The second-order valence-corrected chi connectivity index (χ2v) is 8.01. The minimum Gasteiger partial charge on any atom is -0.482 e. The van der Waals surface area contributed by atoms with E-state index in [2.05, 4.69) is 11.8 Å². The van der Waals surface area contributed by atoms with E-state index in [0.717, 1.165) is 38.4 Å². The molecular formula is C24H29N3O4. The van der Waals surface area contributed by atoms with E-state index in [-0.39, 0.29) is 31.0 Å². The zero-order chi connectivity index (χ0) is 21.6. The highest BCUT2D eigenvalue weighted by atomic mass is 16.5. The van der Waals surface area contributed by atoms with Crippen molar-refractivity contribution in [2.75, 3.05) is 50.9 Å². The molecule has 0 spiro atoms. The number of carbonyl (C=O) groups is 2. The van der Waals surface area contributed by atoms with Gasteiger partial charge in [-0.05, 0) is 24.6 Å².